The van der Waals surface area contributed by atoms with Gasteiger partial charge in [0.05, 0.1) is 18.8 Å². The Morgan fingerprint density at radius 2 is 1.03 bits per heavy atom. The fourth-order valence-electron chi connectivity index (χ4n) is 4.56. The highest BCUT2D eigenvalue weighted by Gasteiger charge is 2.17. The van der Waals surface area contributed by atoms with Gasteiger partial charge in [-0.2, -0.15) is 0 Å². The molecule has 0 aliphatic rings. The third-order valence-electron chi connectivity index (χ3n) is 7.10. The highest BCUT2D eigenvalue weighted by Crippen LogP contribution is 2.13. The molecule has 0 spiro atoms. The summed E-state index contributed by atoms with van der Waals surface area (Å²) in [5, 5.41) is 22.4. The van der Waals surface area contributed by atoms with Crippen molar-refractivity contribution in [3.63, 3.8) is 0 Å². The molecule has 38 heavy (non-hydrogen) atoms. The van der Waals surface area contributed by atoms with Crippen LogP contribution in [0.3, 0.4) is 0 Å². The maximum atomic E-state index is 11.9. The molecule has 1 amide bonds. The van der Waals surface area contributed by atoms with Crippen LogP contribution in [0.4, 0.5) is 0 Å². The number of unbranched alkanes of at least 4 members (excludes halogenated alkanes) is 17. The van der Waals surface area contributed by atoms with E-state index in [2.05, 4.69) is 43.5 Å². The van der Waals surface area contributed by atoms with Crippen LogP contribution >= 0.6 is 0 Å². The second-order valence-corrected chi connectivity index (χ2v) is 10.9. The highest BCUT2D eigenvalue weighted by atomic mass is 16.3. The van der Waals surface area contributed by atoms with Crippen LogP contribution in [0.1, 0.15) is 155 Å². The first-order chi connectivity index (χ1) is 18.7. The molecule has 0 bridgehead atoms. The van der Waals surface area contributed by atoms with Crippen molar-refractivity contribution in [2.45, 2.75) is 167 Å². The molecular formula is C34H63NO3. The smallest absolute Gasteiger partial charge is 0.220 e. The summed E-state index contributed by atoms with van der Waals surface area (Å²) >= 11 is 0. The quantitative estimate of drug-likeness (QED) is 0.0693. The van der Waals surface area contributed by atoms with Crippen LogP contribution in [-0.4, -0.2) is 34.9 Å². The molecule has 0 rings (SSSR count). The number of amides is 1. The summed E-state index contributed by atoms with van der Waals surface area (Å²) < 4.78 is 0. The van der Waals surface area contributed by atoms with E-state index in [0.717, 1.165) is 44.9 Å². The molecule has 222 valence electrons. The molecular weight excluding hydrogens is 470 g/mol. The van der Waals surface area contributed by atoms with E-state index in [1.54, 1.807) is 6.08 Å². The van der Waals surface area contributed by atoms with Crippen LogP contribution in [0.5, 0.6) is 0 Å². The van der Waals surface area contributed by atoms with Crippen molar-refractivity contribution in [3.05, 3.63) is 36.5 Å². The fourth-order valence-corrected chi connectivity index (χ4v) is 4.56. The topological polar surface area (TPSA) is 69.6 Å². The van der Waals surface area contributed by atoms with Gasteiger partial charge in [-0.15, -0.1) is 0 Å². The Hall–Kier alpha value is -1.39. The Morgan fingerprint density at radius 3 is 1.53 bits per heavy atom. The van der Waals surface area contributed by atoms with E-state index >= 15 is 0 Å². The lowest BCUT2D eigenvalue weighted by Crippen LogP contribution is -2.45. The number of allylic oxidation sites excluding steroid dienone is 5. The molecule has 2 unspecified atom stereocenters. The number of hydrogen-bond acceptors (Lipinski definition) is 3. The number of rotatable bonds is 28. The van der Waals surface area contributed by atoms with Gasteiger partial charge < -0.3 is 15.5 Å². The van der Waals surface area contributed by atoms with Crippen LogP contribution in [0.25, 0.3) is 0 Å². The summed E-state index contributed by atoms with van der Waals surface area (Å²) in [6, 6.07) is -0.637. The number of nitrogens with one attached hydrogen (secondary N) is 1. The van der Waals surface area contributed by atoms with E-state index < -0.39 is 12.1 Å². The Balaban J connectivity index is 3.57. The minimum absolute atomic E-state index is 0.105. The minimum atomic E-state index is -0.862. The monoisotopic (exact) mass is 533 g/mol. The summed E-state index contributed by atoms with van der Waals surface area (Å²) in [4.78, 5) is 11.9. The van der Waals surface area contributed by atoms with Crippen LogP contribution in [-0.2, 0) is 4.79 Å². The first kappa shape index (κ1) is 36.6. The first-order valence-corrected chi connectivity index (χ1v) is 16.2. The molecule has 0 aromatic heterocycles. The van der Waals surface area contributed by atoms with Crippen LogP contribution in [0, 0.1) is 0 Å². The summed E-state index contributed by atoms with van der Waals surface area (Å²) in [6.07, 6.45) is 38.6. The van der Waals surface area contributed by atoms with Gasteiger partial charge in [0.1, 0.15) is 0 Å². The molecule has 0 aliphatic carbocycles. The molecule has 0 fully saturated rings. The number of carbonyl (C=O) groups is 1. The van der Waals surface area contributed by atoms with E-state index in [0.29, 0.717) is 6.42 Å². The molecule has 0 saturated carbocycles. The molecule has 0 aliphatic heterocycles. The lowest BCUT2D eigenvalue weighted by molar-refractivity contribution is -0.123. The Kier molecular flexibility index (Phi) is 29.1. The Bertz CT molecular complexity index is 584. The van der Waals surface area contributed by atoms with Gasteiger partial charge in [0.25, 0.3) is 0 Å². The average Bonchev–Trinajstić information content (AvgIpc) is 2.92. The van der Waals surface area contributed by atoms with Crippen LogP contribution < -0.4 is 5.32 Å². The third kappa shape index (κ3) is 26.2. The van der Waals surface area contributed by atoms with Gasteiger partial charge in [0, 0.05) is 6.42 Å². The maximum absolute atomic E-state index is 11.9. The van der Waals surface area contributed by atoms with Crippen LogP contribution in [0.2, 0.25) is 0 Å². The van der Waals surface area contributed by atoms with Gasteiger partial charge in [0.2, 0.25) is 5.91 Å². The van der Waals surface area contributed by atoms with Crippen molar-refractivity contribution >= 4 is 5.91 Å². The largest absolute Gasteiger partial charge is 0.394 e. The fraction of sp³-hybridized carbons (Fsp3) is 0.794. The highest BCUT2D eigenvalue weighted by molar-refractivity contribution is 5.76. The molecule has 0 aromatic carbocycles. The number of aliphatic hydroxyl groups is 2. The van der Waals surface area contributed by atoms with Gasteiger partial charge in [0.15, 0.2) is 0 Å². The van der Waals surface area contributed by atoms with E-state index in [-0.39, 0.29) is 12.5 Å². The van der Waals surface area contributed by atoms with Gasteiger partial charge in [-0.1, -0.05) is 140 Å². The molecule has 3 N–H and O–H groups in total. The SMILES string of the molecule is CCCCCCCCCCCCCCC/C=C/CC/C=C/CC/C=C/C(O)C(CO)NC(=O)CCCCC. The Morgan fingerprint density at radius 1 is 0.605 bits per heavy atom. The molecule has 4 heteroatoms. The van der Waals surface area contributed by atoms with Gasteiger partial charge in [-0.25, -0.2) is 0 Å². The zero-order valence-electron chi connectivity index (χ0n) is 25.2. The van der Waals surface area contributed by atoms with Crippen molar-refractivity contribution in [3.8, 4) is 0 Å². The van der Waals surface area contributed by atoms with Gasteiger partial charge >= 0.3 is 0 Å². The predicted octanol–water partition coefficient (Wildman–Crippen LogP) is 9.12. The lowest BCUT2D eigenvalue weighted by atomic mass is 10.0. The van der Waals surface area contributed by atoms with Crippen molar-refractivity contribution < 1.29 is 15.0 Å². The zero-order chi connectivity index (χ0) is 27.9. The summed E-state index contributed by atoms with van der Waals surface area (Å²) in [5.41, 5.74) is 0. The molecule has 2 atom stereocenters. The van der Waals surface area contributed by atoms with Gasteiger partial charge in [-0.3, -0.25) is 4.79 Å². The first-order valence-electron chi connectivity index (χ1n) is 16.2. The average molecular weight is 534 g/mol. The van der Waals surface area contributed by atoms with E-state index in [1.807, 2.05) is 6.08 Å². The Labute approximate surface area is 236 Å². The van der Waals surface area contributed by atoms with Crippen molar-refractivity contribution in [2.24, 2.45) is 0 Å². The van der Waals surface area contributed by atoms with Crippen molar-refractivity contribution in [2.75, 3.05) is 6.61 Å². The molecule has 0 heterocycles. The van der Waals surface area contributed by atoms with Crippen molar-refractivity contribution in [1.29, 1.82) is 0 Å². The molecule has 0 aromatic rings. The normalized spacial score (nSPS) is 13.7. The minimum Gasteiger partial charge on any atom is -0.394 e. The van der Waals surface area contributed by atoms with E-state index in [9.17, 15) is 15.0 Å². The van der Waals surface area contributed by atoms with E-state index in [1.165, 1.54) is 89.9 Å². The third-order valence-corrected chi connectivity index (χ3v) is 7.10. The molecule has 0 saturated heterocycles. The molecule has 0 radical (unpaired) electrons. The zero-order valence-corrected chi connectivity index (χ0v) is 25.2. The van der Waals surface area contributed by atoms with Gasteiger partial charge in [-0.05, 0) is 44.9 Å². The standard InChI is InChI=1S/C34H63NO3/c1-3-5-7-8-9-10-11-12-13-14-15-16-17-18-19-20-21-22-23-24-25-26-28-29-33(37)32(31-36)35-34(38)30-27-6-4-2/h19-20,23-24,28-29,32-33,36-37H,3-18,21-22,25-27,30-31H2,1-2H3,(H,35,38)/b20-19+,24-23+,29-28+. The summed E-state index contributed by atoms with van der Waals surface area (Å²) in [5.74, 6) is -0.105. The lowest BCUT2D eigenvalue weighted by Gasteiger charge is -2.19. The number of hydrogen-bond donors (Lipinski definition) is 3. The number of aliphatic hydroxyl groups excluding tert-OH is 2. The second-order valence-electron chi connectivity index (χ2n) is 10.9. The summed E-state index contributed by atoms with van der Waals surface area (Å²) in [7, 11) is 0. The predicted molar refractivity (Wildman–Crippen MR) is 165 cm³/mol. The summed E-state index contributed by atoms with van der Waals surface area (Å²) in [6.45, 7) is 4.11. The van der Waals surface area contributed by atoms with E-state index in [4.69, 9.17) is 0 Å². The van der Waals surface area contributed by atoms with Crippen molar-refractivity contribution in [1.82, 2.24) is 5.32 Å². The number of carbonyl (C=O) groups excluding carboxylic acids is 1. The maximum Gasteiger partial charge on any atom is 0.220 e. The second kappa shape index (κ2) is 30.2. The van der Waals surface area contributed by atoms with Crippen LogP contribution in [0.15, 0.2) is 36.5 Å². The molecule has 4 nitrogen and oxygen atoms in total.